The average Bonchev–Trinajstić information content (AvgIpc) is 3.13. The number of aryl methyl sites for hydroxylation is 1. The van der Waals surface area contributed by atoms with Gasteiger partial charge in [0.1, 0.15) is 12.1 Å². The van der Waals surface area contributed by atoms with Crippen LogP contribution in [-0.2, 0) is 4.79 Å². The number of anilines is 1. The molecule has 3 amide bonds. The van der Waals surface area contributed by atoms with Crippen LogP contribution in [0.2, 0.25) is 0 Å². The third-order valence-corrected chi connectivity index (χ3v) is 5.19. The Morgan fingerprint density at radius 1 is 1.25 bits per heavy atom. The summed E-state index contributed by atoms with van der Waals surface area (Å²) in [6.45, 7) is 1.34. The van der Waals surface area contributed by atoms with Crippen molar-refractivity contribution >= 4 is 50.6 Å². The van der Waals surface area contributed by atoms with Gasteiger partial charge in [-0.25, -0.2) is 4.98 Å². The number of fused-ring (bicyclic) bond motifs is 2. The van der Waals surface area contributed by atoms with Crippen LogP contribution in [0.1, 0.15) is 25.7 Å². The normalized spacial score (nSPS) is 13.1. The van der Waals surface area contributed by atoms with Gasteiger partial charge >= 0.3 is 0 Å². The van der Waals surface area contributed by atoms with Crippen LogP contribution >= 0.6 is 11.3 Å². The first-order valence-electron chi connectivity index (χ1n) is 8.16. The number of rotatable bonds is 4. The number of benzene rings is 2. The fourth-order valence-electron chi connectivity index (χ4n) is 3.07. The molecule has 1 aliphatic heterocycles. The van der Waals surface area contributed by atoms with Gasteiger partial charge in [-0.2, -0.15) is 0 Å². The monoisotopic (exact) mass is 396 g/mol. The van der Waals surface area contributed by atoms with Crippen molar-refractivity contribution in [1.82, 2.24) is 9.88 Å². The molecule has 0 atom stereocenters. The predicted molar refractivity (Wildman–Crippen MR) is 101 cm³/mol. The zero-order chi connectivity index (χ0) is 20.0. The first-order valence-corrected chi connectivity index (χ1v) is 8.97. The maximum Gasteiger partial charge on any atom is 0.282 e. The molecule has 1 N–H and O–H groups in total. The van der Waals surface area contributed by atoms with Gasteiger partial charge in [-0.05, 0) is 31.2 Å². The Bertz CT molecular complexity index is 1190. The van der Waals surface area contributed by atoms with Crippen LogP contribution < -0.4 is 5.32 Å². The number of hydrogen-bond donors (Lipinski definition) is 1. The van der Waals surface area contributed by atoms with Gasteiger partial charge in [-0.1, -0.05) is 6.07 Å². The quantitative estimate of drug-likeness (QED) is 0.411. The van der Waals surface area contributed by atoms with E-state index < -0.39 is 34.9 Å². The molecular weight excluding hydrogens is 384 g/mol. The standard InChI is InChI=1S/C18H12N4O5S/c1-9-19-12-6-5-10(7-14(12)28-9)20-15(23)8-21-17(24)11-3-2-4-13(22(26)27)16(11)18(21)25/h2-7H,8H2,1H3,(H,20,23). The summed E-state index contributed by atoms with van der Waals surface area (Å²) < 4.78 is 0.895. The summed E-state index contributed by atoms with van der Waals surface area (Å²) in [7, 11) is 0. The molecule has 0 unspecified atom stereocenters. The number of nitrogens with zero attached hydrogens (tertiary/aromatic N) is 3. The number of nitro benzene ring substituents is 1. The molecule has 2 heterocycles. The number of imide groups is 1. The largest absolute Gasteiger partial charge is 0.324 e. The molecule has 0 saturated carbocycles. The number of carbonyl (C=O) groups is 3. The summed E-state index contributed by atoms with van der Waals surface area (Å²) in [6.07, 6.45) is 0. The summed E-state index contributed by atoms with van der Waals surface area (Å²) in [5.74, 6) is -2.17. The van der Waals surface area contributed by atoms with Crippen LogP contribution in [0.25, 0.3) is 10.2 Å². The Labute approximate surface area is 161 Å². The van der Waals surface area contributed by atoms with E-state index in [9.17, 15) is 24.5 Å². The number of thiazole rings is 1. The van der Waals surface area contributed by atoms with Crippen LogP contribution in [0.5, 0.6) is 0 Å². The molecule has 9 nitrogen and oxygen atoms in total. The van der Waals surface area contributed by atoms with Gasteiger partial charge in [-0.3, -0.25) is 29.4 Å². The molecule has 28 heavy (non-hydrogen) atoms. The van der Waals surface area contributed by atoms with Crippen LogP contribution in [0.3, 0.4) is 0 Å². The second-order valence-electron chi connectivity index (χ2n) is 6.12. The van der Waals surface area contributed by atoms with E-state index in [0.29, 0.717) is 10.6 Å². The van der Waals surface area contributed by atoms with Gasteiger partial charge in [0.15, 0.2) is 0 Å². The van der Waals surface area contributed by atoms with Crippen molar-refractivity contribution in [1.29, 1.82) is 0 Å². The van der Waals surface area contributed by atoms with E-state index in [0.717, 1.165) is 21.3 Å². The van der Waals surface area contributed by atoms with Crippen LogP contribution in [0.15, 0.2) is 36.4 Å². The third-order valence-electron chi connectivity index (χ3n) is 4.25. The number of aromatic nitrogens is 1. The van der Waals surface area contributed by atoms with Gasteiger partial charge in [0.2, 0.25) is 5.91 Å². The lowest BCUT2D eigenvalue weighted by Gasteiger charge is -2.13. The highest BCUT2D eigenvalue weighted by atomic mass is 32.1. The summed E-state index contributed by atoms with van der Waals surface area (Å²) in [5.41, 5.74) is 0.502. The Hall–Kier alpha value is -3.66. The highest BCUT2D eigenvalue weighted by Gasteiger charge is 2.41. The fraction of sp³-hybridized carbons (Fsp3) is 0.111. The molecule has 0 bridgehead atoms. The first-order chi connectivity index (χ1) is 13.3. The van der Waals surface area contributed by atoms with E-state index in [-0.39, 0.29) is 11.1 Å². The smallest absolute Gasteiger partial charge is 0.282 e. The minimum absolute atomic E-state index is 0.0754. The maximum absolute atomic E-state index is 12.5. The number of carbonyl (C=O) groups excluding carboxylic acids is 3. The van der Waals surface area contributed by atoms with Gasteiger partial charge in [0.05, 0.1) is 25.7 Å². The van der Waals surface area contributed by atoms with Gasteiger partial charge in [-0.15, -0.1) is 11.3 Å². The van der Waals surface area contributed by atoms with E-state index >= 15 is 0 Å². The lowest BCUT2D eigenvalue weighted by Crippen LogP contribution is -2.37. The maximum atomic E-state index is 12.5. The third kappa shape index (κ3) is 2.89. The van der Waals surface area contributed by atoms with Crippen LogP contribution in [0, 0.1) is 17.0 Å². The highest BCUT2D eigenvalue weighted by molar-refractivity contribution is 7.18. The van der Waals surface area contributed by atoms with E-state index in [1.54, 1.807) is 18.2 Å². The SMILES string of the molecule is Cc1nc2ccc(NC(=O)CN3C(=O)c4cccc([N+](=O)[O-])c4C3=O)cc2s1. The van der Waals surface area contributed by atoms with Crippen molar-refractivity contribution < 1.29 is 19.3 Å². The van der Waals surface area contributed by atoms with Crippen molar-refractivity contribution in [2.45, 2.75) is 6.92 Å². The lowest BCUT2D eigenvalue weighted by molar-refractivity contribution is -0.385. The van der Waals surface area contributed by atoms with Crippen molar-refractivity contribution in [2.24, 2.45) is 0 Å². The zero-order valence-electron chi connectivity index (χ0n) is 14.5. The van der Waals surface area contributed by atoms with Gasteiger partial charge < -0.3 is 5.32 Å². The van der Waals surface area contributed by atoms with Crippen molar-refractivity contribution in [3.63, 3.8) is 0 Å². The van der Waals surface area contributed by atoms with Crippen LogP contribution in [0.4, 0.5) is 11.4 Å². The summed E-state index contributed by atoms with van der Waals surface area (Å²) in [6, 6.07) is 9.01. The van der Waals surface area contributed by atoms with E-state index in [1.165, 1.54) is 23.5 Å². The minimum atomic E-state index is -0.851. The first kappa shape index (κ1) is 17.7. The predicted octanol–water partition coefficient (Wildman–Crippen LogP) is 2.75. The fourth-order valence-corrected chi connectivity index (χ4v) is 3.94. The highest BCUT2D eigenvalue weighted by Crippen LogP contribution is 2.30. The summed E-state index contributed by atoms with van der Waals surface area (Å²) in [5, 5.41) is 14.7. The number of hydrogen-bond acceptors (Lipinski definition) is 7. The second-order valence-corrected chi connectivity index (χ2v) is 7.35. The van der Waals surface area contributed by atoms with E-state index in [2.05, 4.69) is 10.3 Å². The molecule has 1 aromatic heterocycles. The van der Waals surface area contributed by atoms with E-state index in [1.807, 2.05) is 6.92 Å². The number of nitrogens with one attached hydrogen (secondary N) is 1. The molecule has 2 aromatic carbocycles. The van der Waals surface area contributed by atoms with Crippen molar-refractivity contribution in [2.75, 3.05) is 11.9 Å². The molecule has 0 spiro atoms. The van der Waals surface area contributed by atoms with Gasteiger partial charge in [0, 0.05) is 11.8 Å². The Morgan fingerprint density at radius 3 is 2.79 bits per heavy atom. The average molecular weight is 396 g/mol. The molecule has 4 rings (SSSR count). The Kier molecular flexibility index (Phi) is 4.12. The summed E-state index contributed by atoms with van der Waals surface area (Å²) in [4.78, 5) is 52.8. The Morgan fingerprint density at radius 2 is 2.04 bits per heavy atom. The molecule has 140 valence electrons. The Balaban J connectivity index is 1.54. The molecule has 10 heteroatoms. The molecule has 0 radical (unpaired) electrons. The van der Waals surface area contributed by atoms with Crippen molar-refractivity contribution in [3.8, 4) is 0 Å². The van der Waals surface area contributed by atoms with Crippen molar-refractivity contribution in [3.05, 3.63) is 62.6 Å². The lowest BCUT2D eigenvalue weighted by atomic mass is 10.1. The number of amides is 3. The molecule has 0 aliphatic carbocycles. The summed E-state index contributed by atoms with van der Waals surface area (Å²) >= 11 is 1.48. The molecular formula is C18H12N4O5S. The zero-order valence-corrected chi connectivity index (χ0v) is 15.3. The molecule has 0 saturated heterocycles. The topological polar surface area (TPSA) is 123 Å². The molecule has 3 aromatic rings. The molecule has 1 aliphatic rings. The second kappa shape index (κ2) is 6.50. The minimum Gasteiger partial charge on any atom is -0.324 e. The molecule has 0 fully saturated rings. The van der Waals surface area contributed by atoms with E-state index in [4.69, 9.17) is 0 Å². The van der Waals surface area contributed by atoms with Crippen LogP contribution in [-0.4, -0.2) is 39.1 Å². The number of nitro groups is 1. The van der Waals surface area contributed by atoms with Gasteiger partial charge in [0.25, 0.3) is 17.5 Å².